The Balaban J connectivity index is 0.00000200. The molecular weight excluding hydrogens is 329 g/mol. The zero-order chi connectivity index (χ0) is 13.8. The van der Waals surface area contributed by atoms with Crippen molar-refractivity contribution < 1.29 is 8.78 Å². The van der Waals surface area contributed by atoms with Crippen molar-refractivity contribution in [2.75, 3.05) is 26.2 Å². The highest BCUT2D eigenvalue weighted by Crippen LogP contribution is 2.34. The zero-order valence-corrected chi connectivity index (χ0v) is 13.1. The topological polar surface area (TPSA) is 15.3 Å². The van der Waals surface area contributed by atoms with Crippen LogP contribution in [0.5, 0.6) is 0 Å². The Hall–Kier alpha value is -0.130. The van der Waals surface area contributed by atoms with Crippen LogP contribution in [0.1, 0.15) is 18.0 Å². The van der Waals surface area contributed by atoms with Crippen LogP contribution in [0.4, 0.5) is 8.78 Å². The first-order chi connectivity index (χ1) is 9.08. The standard InChI is InChI=1S/C13H16Cl2F2N2.ClH/c14-9-1-2-11(15)10(7-9)12(8-13(16)17)19-5-3-18-4-6-19;/h1-2,7,12-13,18H,3-6,8H2;1H/t12-;/m0./s1. The quantitative estimate of drug-likeness (QED) is 0.887. The van der Waals surface area contributed by atoms with Crippen molar-refractivity contribution >= 4 is 35.6 Å². The van der Waals surface area contributed by atoms with Gasteiger partial charge in [-0.15, -0.1) is 12.4 Å². The van der Waals surface area contributed by atoms with Crippen LogP contribution in [-0.2, 0) is 0 Å². The fourth-order valence-electron chi connectivity index (χ4n) is 2.41. The lowest BCUT2D eigenvalue weighted by atomic mass is 10.0. The first-order valence-electron chi connectivity index (χ1n) is 6.26. The molecule has 0 aromatic heterocycles. The van der Waals surface area contributed by atoms with Crippen molar-refractivity contribution in [3.63, 3.8) is 0 Å². The average Bonchev–Trinajstić information content (AvgIpc) is 2.40. The fourth-order valence-corrected chi connectivity index (χ4v) is 2.83. The van der Waals surface area contributed by atoms with E-state index >= 15 is 0 Å². The Bertz CT molecular complexity index is 426. The second kappa shape index (κ2) is 8.35. The average molecular weight is 346 g/mol. The lowest BCUT2D eigenvalue weighted by Crippen LogP contribution is -2.45. The molecule has 0 aliphatic carbocycles. The van der Waals surface area contributed by atoms with E-state index in [-0.39, 0.29) is 24.9 Å². The van der Waals surface area contributed by atoms with E-state index < -0.39 is 6.43 Å². The van der Waals surface area contributed by atoms with Gasteiger partial charge in [-0.25, -0.2) is 8.78 Å². The molecule has 20 heavy (non-hydrogen) atoms. The lowest BCUT2D eigenvalue weighted by Gasteiger charge is -2.35. The summed E-state index contributed by atoms with van der Waals surface area (Å²) in [5.74, 6) is 0. The van der Waals surface area contributed by atoms with Crippen LogP contribution < -0.4 is 5.32 Å². The van der Waals surface area contributed by atoms with E-state index in [0.717, 1.165) is 26.2 Å². The van der Waals surface area contributed by atoms with Gasteiger partial charge in [0.2, 0.25) is 6.43 Å². The molecule has 0 saturated carbocycles. The summed E-state index contributed by atoms with van der Waals surface area (Å²) in [4.78, 5) is 2.04. The minimum Gasteiger partial charge on any atom is -0.314 e. The number of hydrogen-bond acceptors (Lipinski definition) is 2. The van der Waals surface area contributed by atoms with Crippen LogP contribution in [-0.4, -0.2) is 37.5 Å². The lowest BCUT2D eigenvalue weighted by molar-refractivity contribution is 0.0739. The second-order valence-electron chi connectivity index (χ2n) is 4.59. The van der Waals surface area contributed by atoms with Crippen molar-refractivity contribution in [2.24, 2.45) is 0 Å². The maximum Gasteiger partial charge on any atom is 0.240 e. The smallest absolute Gasteiger partial charge is 0.240 e. The van der Waals surface area contributed by atoms with E-state index in [1.165, 1.54) is 0 Å². The van der Waals surface area contributed by atoms with Crippen LogP contribution in [0.2, 0.25) is 10.0 Å². The van der Waals surface area contributed by atoms with Gasteiger partial charge in [-0.1, -0.05) is 23.2 Å². The first kappa shape index (κ1) is 17.9. The van der Waals surface area contributed by atoms with E-state index in [9.17, 15) is 8.78 Å². The third-order valence-electron chi connectivity index (χ3n) is 3.31. The molecule has 0 bridgehead atoms. The maximum atomic E-state index is 12.8. The first-order valence-corrected chi connectivity index (χ1v) is 7.01. The molecule has 0 radical (unpaired) electrons. The Labute approximate surface area is 133 Å². The molecule has 1 fully saturated rings. The number of benzene rings is 1. The normalized spacial score (nSPS) is 17.9. The van der Waals surface area contributed by atoms with Gasteiger partial charge in [0.25, 0.3) is 0 Å². The van der Waals surface area contributed by atoms with Crippen LogP contribution >= 0.6 is 35.6 Å². The molecule has 1 saturated heterocycles. The highest BCUT2D eigenvalue weighted by molar-refractivity contribution is 6.33. The summed E-state index contributed by atoms with van der Waals surface area (Å²) in [5.41, 5.74) is 0.691. The summed E-state index contributed by atoms with van der Waals surface area (Å²) >= 11 is 12.1. The van der Waals surface area contributed by atoms with Crippen LogP contribution in [0.15, 0.2) is 18.2 Å². The molecule has 0 spiro atoms. The van der Waals surface area contributed by atoms with E-state index in [4.69, 9.17) is 23.2 Å². The Morgan fingerprint density at radius 3 is 2.45 bits per heavy atom. The molecule has 1 atom stereocenters. The Morgan fingerprint density at radius 2 is 1.85 bits per heavy atom. The summed E-state index contributed by atoms with van der Waals surface area (Å²) < 4.78 is 25.7. The van der Waals surface area contributed by atoms with Crippen molar-refractivity contribution in [1.29, 1.82) is 0 Å². The molecule has 1 aliphatic rings. The number of halogens is 5. The number of hydrogen-bond donors (Lipinski definition) is 1. The predicted octanol–water partition coefficient (Wildman–Crippen LogP) is 4.02. The molecule has 1 N–H and O–H groups in total. The fraction of sp³-hybridized carbons (Fsp3) is 0.538. The van der Waals surface area contributed by atoms with Crippen LogP contribution in [0.25, 0.3) is 0 Å². The number of rotatable bonds is 4. The number of nitrogens with one attached hydrogen (secondary N) is 1. The van der Waals surface area contributed by atoms with Crippen molar-refractivity contribution in [3.8, 4) is 0 Å². The monoisotopic (exact) mass is 344 g/mol. The van der Waals surface area contributed by atoms with Crippen LogP contribution in [0, 0.1) is 0 Å². The Morgan fingerprint density at radius 1 is 1.20 bits per heavy atom. The number of piperazine rings is 1. The predicted molar refractivity (Wildman–Crippen MR) is 81.5 cm³/mol. The Kier molecular flexibility index (Phi) is 7.48. The number of alkyl halides is 2. The molecule has 114 valence electrons. The van der Waals surface area contributed by atoms with Crippen LogP contribution in [0.3, 0.4) is 0 Å². The van der Waals surface area contributed by atoms with Gasteiger partial charge in [0.15, 0.2) is 0 Å². The SMILES string of the molecule is Cl.FC(F)C[C@@H](c1cc(Cl)ccc1Cl)N1CCNCC1. The third-order valence-corrected chi connectivity index (χ3v) is 3.89. The highest BCUT2D eigenvalue weighted by atomic mass is 35.5. The van der Waals surface area contributed by atoms with Gasteiger partial charge < -0.3 is 5.32 Å². The maximum absolute atomic E-state index is 12.8. The summed E-state index contributed by atoms with van der Waals surface area (Å²) in [5, 5.41) is 4.23. The van der Waals surface area contributed by atoms with Crippen molar-refractivity contribution in [1.82, 2.24) is 10.2 Å². The molecule has 0 unspecified atom stereocenters. The molecule has 1 aromatic rings. The summed E-state index contributed by atoms with van der Waals surface area (Å²) in [7, 11) is 0. The van der Waals surface area contributed by atoms with Gasteiger partial charge >= 0.3 is 0 Å². The van der Waals surface area contributed by atoms with E-state index in [1.54, 1.807) is 18.2 Å². The molecule has 0 amide bonds. The molecule has 7 heteroatoms. The molecule has 2 nitrogen and oxygen atoms in total. The van der Waals surface area contributed by atoms with Gasteiger partial charge in [-0.2, -0.15) is 0 Å². The van der Waals surface area contributed by atoms with Gasteiger partial charge in [0.05, 0.1) is 0 Å². The summed E-state index contributed by atoms with van der Waals surface area (Å²) in [6, 6.07) is 4.65. The van der Waals surface area contributed by atoms with Gasteiger partial charge in [0.1, 0.15) is 0 Å². The van der Waals surface area contributed by atoms with E-state index in [1.807, 2.05) is 4.90 Å². The van der Waals surface area contributed by atoms with Crippen molar-refractivity contribution in [3.05, 3.63) is 33.8 Å². The van der Waals surface area contributed by atoms with Crippen molar-refractivity contribution in [2.45, 2.75) is 18.9 Å². The third kappa shape index (κ3) is 4.71. The number of nitrogens with zero attached hydrogens (tertiary/aromatic N) is 1. The van der Waals surface area contributed by atoms with Gasteiger partial charge in [0, 0.05) is 48.7 Å². The van der Waals surface area contributed by atoms with E-state index in [2.05, 4.69) is 5.32 Å². The summed E-state index contributed by atoms with van der Waals surface area (Å²) in [6.07, 6.45) is -2.59. The molecule has 2 rings (SSSR count). The largest absolute Gasteiger partial charge is 0.314 e. The summed E-state index contributed by atoms with van der Waals surface area (Å²) in [6.45, 7) is 3.08. The molecule has 1 aliphatic heterocycles. The highest BCUT2D eigenvalue weighted by Gasteiger charge is 2.27. The molecule has 1 aromatic carbocycles. The van der Waals surface area contributed by atoms with Gasteiger partial charge in [-0.3, -0.25) is 4.90 Å². The molecular formula is C13H17Cl3F2N2. The minimum atomic E-state index is -2.37. The van der Waals surface area contributed by atoms with E-state index in [0.29, 0.717) is 15.6 Å². The minimum absolute atomic E-state index is 0. The van der Waals surface area contributed by atoms with Gasteiger partial charge in [-0.05, 0) is 23.8 Å². The zero-order valence-electron chi connectivity index (χ0n) is 10.8. The second-order valence-corrected chi connectivity index (χ2v) is 5.44. The molecule has 1 heterocycles.